The molecule has 4 nitrogen and oxygen atoms in total. The number of amides is 1. The molecular formula is C14H27N3O. The Hall–Kier alpha value is -0.610. The lowest BCUT2D eigenvalue weighted by Gasteiger charge is -2.44. The molecule has 2 atom stereocenters. The fraction of sp³-hybridized carbons (Fsp3) is 0.929. The van der Waals surface area contributed by atoms with Crippen molar-refractivity contribution in [2.75, 3.05) is 6.54 Å². The molecule has 2 fully saturated rings. The largest absolute Gasteiger partial charge is 0.350 e. The standard InChI is InChI=1S/C14H27N3O/c1-14(2,8-15)17-13(18)11-6-9-4-3-5-10(7-11)12(9)16/h9-12H,3-8,15-16H2,1-2H3,(H,17,18). The van der Waals surface area contributed by atoms with E-state index >= 15 is 0 Å². The molecule has 104 valence electrons. The molecule has 18 heavy (non-hydrogen) atoms. The van der Waals surface area contributed by atoms with Crippen molar-refractivity contribution < 1.29 is 4.79 Å². The first kappa shape index (κ1) is 13.8. The zero-order valence-corrected chi connectivity index (χ0v) is 11.6. The van der Waals surface area contributed by atoms with Gasteiger partial charge in [-0.1, -0.05) is 6.42 Å². The van der Waals surface area contributed by atoms with Gasteiger partial charge in [0.15, 0.2) is 0 Å². The second-order valence-electron chi connectivity index (χ2n) is 6.77. The van der Waals surface area contributed by atoms with E-state index in [9.17, 15) is 4.79 Å². The highest BCUT2D eigenvalue weighted by molar-refractivity contribution is 5.79. The molecule has 0 aliphatic heterocycles. The average molecular weight is 253 g/mol. The summed E-state index contributed by atoms with van der Waals surface area (Å²) in [6.07, 6.45) is 5.60. The van der Waals surface area contributed by atoms with Crippen LogP contribution in [0, 0.1) is 17.8 Å². The number of hydrogen-bond donors (Lipinski definition) is 3. The molecule has 0 aromatic carbocycles. The first-order chi connectivity index (χ1) is 8.43. The maximum Gasteiger partial charge on any atom is 0.223 e. The number of carbonyl (C=O) groups is 1. The summed E-state index contributed by atoms with van der Waals surface area (Å²) in [6.45, 7) is 4.42. The molecule has 0 radical (unpaired) electrons. The van der Waals surface area contributed by atoms with Crippen LogP contribution in [-0.4, -0.2) is 24.0 Å². The zero-order valence-electron chi connectivity index (χ0n) is 11.6. The molecule has 5 N–H and O–H groups in total. The van der Waals surface area contributed by atoms with E-state index in [1.54, 1.807) is 0 Å². The fourth-order valence-corrected chi connectivity index (χ4v) is 3.49. The minimum atomic E-state index is -0.300. The van der Waals surface area contributed by atoms with Gasteiger partial charge < -0.3 is 16.8 Å². The molecule has 2 unspecified atom stereocenters. The topological polar surface area (TPSA) is 81.1 Å². The molecule has 2 aliphatic rings. The van der Waals surface area contributed by atoms with Crippen molar-refractivity contribution in [3.05, 3.63) is 0 Å². The summed E-state index contributed by atoms with van der Waals surface area (Å²) in [4.78, 5) is 12.3. The Balaban J connectivity index is 1.96. The molecule has 1 amide bonds. The summed E-state index contributed by atoms with van der Waals surface area (Å²) in [5.41, 5.74) is 11.6. The van der Waals surface area contributed by atoms with Crippen LogP contribution >= 0.6 is 0 Å². The Bertz CT molecular complexity index is 302. The van der Waals surface area contributed by atoms with Gasteiger partial charge in [0.05, 0.1) is 0 Å². The van der Waals surface area contributed by atoms with Crippen molar-refractivity contribution in [3.8, 4) is 0 Å². The Morgan fingerprint density at radius 2 is 1.83 bits per heavy atom. The highest BCUT2D eigenvalue weighted by Crippen LogP contribution is 2.41. The third kappa shape index (κ3) is 2.86. The predicted octanol–water partition coefficient (Wildman–Crippen LogP) is 0.994. The lowest BCUT2D eigenvalue weighted by atomic mass is 9.65. The van der Waals surface area contributed by atoms with Crippen molar-refractivity contribution in [1.29, 1.82) is 0 Å². The van der Waals surface area contributed by atoms with Crippen LogP contribution in [0.15, 0.2) is 0 Å². The number of nitrogens with two attached hydrogens (primary N) is 2. The lowest BCUT2D eigenvalue weighted by Crippen LogP contribution is -2.54. The summed E-state index contributed by atoms with van der Waals surface area (Å²) < 4.78 is 0. The summed E-state index contributed by atoms with van der Waals surface area (Å²) in [5, 5.41) is 3.08. The summed E-state index contributed by atoms with van der Waals surface area (Å²) in [5.74, 6) is 1.42. The van der Waals surface area contributed by atoms with Gasteiger partial charge in [-0.05, 0) is 51.4 Å². The molecule has 0 heterocycles. The van der Waals surface area contributed by atoms with Crippen molar-refractivity contribution in [2.24, 2.45) is 29.2 Å². The third-order valence-electron chi connectivity index (χ3n) is 4.76. The predicted molar refractivity (Wildman–Crippen MR) is 72.8 cm³/mol. The van der Waals surface area contributed by atoms with Crippen LogP contribution in [0.5, 0.6) is 0 Å². The molecular weight excluding hydrogens is 226 g/mol. The molecule has 0 saturated heterocycles. The third-order valence-corrected chi connectivity index (χ3v) is 4.76. The lowest BCUT2D eigenvalue weighted by molar-refractivity contribution is -0.129. The van der Waals surface area contributed by atoms with Gasteiger partial charge in [0.2, 0.25) is 5.91 Å². The van der Waals surface area contributed by atoms with E-state index in [4.69, 9.17) is 11.5 Å². The van der Waals surface area contributed by atoms with E-state index in [1.165, 1.54) is 19.3 Å². The minimum Gasteiger partial charge on any atom is -0.350 e. The number of hydrogen-bond acceptors (Lipinski definition) is 3. The Morgan fingerprint density at radius 3 is 2.33 bits per heavy atom. The fourth-order valence-electron chi connectivity index (χ4n) is 3.49. The van der Waals surface area contributed by atoms with Crippen LogP contribution < -0.4 is 16.8 Å². The summed E-state index contributed by atoms with van der Waals surface area (Å²) in [7, 11) is 0. The highest BCUT2D eigenvalue weighted by atomic mass is 16.2. The van der Waals surface area contributed by atoms with Crippen LogP contribution in [0.1, 0.15) is 46.0 Å². The summed E-state index contributed by atoms with van der Waals surface area (Å²) in [6, 6.07) is 0.324. The normalized spacial score (nSPS) is 36.2. The van der Waals surface area contributed by atoms with Gasteiger partial charge in [0.1, 0.15) is 0 Å². The Kier molecular flexibility index (Phi) is 3.97. The first-order valence-corrected chi connectivity index (χ1v) is 7.20. The molecule has 2 bridgehead atoms. The van der Waals surface area contributed by atoms with Gasteiger partial charge in [-0.25, -0.2) is 0 Å². The smallest absolute Gasteiger partial charge is 0.223 e. The highest BCUT2D eigenvalue weighted by Gasteiger charge is 2.41. The average Bonchev–Trinajstić information content (AvgIpc) is 2.27. The van der Waals surface area contributed by atoms with Crippen LogP contribution in [-0.2, 0) is 4.79 Å². The van der Waals surface area contributed by atoms with Crippen LogP contribution in [0.2, 0.25) is 0 Å². The van der Waals surface area contributed by atoms with Gasteiger partial charge in [-0.2, -0.15) is 0 Å². The van der Waals surface area contributed by atoms with E-state index in [0.717, 1.165) is 12.8 Å². The van der Waals surface area contributed by atoms with E-state index in [0.29, 0.717) is 24.4 Å². The minimum absolute atomic E-state index is 0.144. The van der Waals surface area contributed by atoms with Crippen molar-refractivity contribution in [1.82, 2.24) is 5.32 Å². The maximum absolute atomic E-state index is 12.3. The van der Waals surface area contributed by atoms with Crippen molar-refractivity contribution >= 4 is 5.91 Å². The van der Waals surface area contributed by atoms with Crippen molar-refractivity contribution in [2.45, 2.75) is 57.5 Å². The molecule has 0 spiro atoms. The molecule has 2 aliphatic carbocycles. The molecule has 4 heteroatoms. The van der Waals surface area contributed by atoms with Gasteiger partial charge in [0, 0.05) is 24.0 Å². The van der Waals surface area contributed by atoms with Crippen LogP contribution in [0.4, 0.5) is 0 Å². The van der Waals surface area contributed by atoms with Gasteiger partial charge >= 0.3 is 0 Å². The monoisotopic (exact) mass is 253 g/mol. The molecule has 0 aromatic heterocycles. The maximum atomic E-state index is 12.3. The number of carbonyl (C=O) groups excluding carboxylic acids is 1. The Morgan fingerprint density at radius 1 is 1.28 bits per heavy atom. The number of nitrogens with one attached hydrogen (secondary N) is 1. The number of fused-ring (bicyclic) bond motifs is 2. The van der Waals surface area contributed by atoms with Crippen LogP contribution in [0.25, 0.3) is 0 Å². The van der Waals surface area contributed by atoms with E-state index < -0.39 is 0 Å². The number of rotatable bonds is 3. The first-order valence-electron chi connectivity index (χ1n) is 7.20. The van der Waals surface area contributed by atoms with Gasteiger partial charge in [-0.15, -0.1) is 0 Å². The summed E-state index contributed by atoms with van der Waals surface area (Å²) >= 11 is 0. The molecule has 0 aromatic rings. The van der Waals surface area contributed by atoms with Gasteiger partial charge in [0.25, 0.3) is 0 Å². The SMILES string of the molecule is CC(C)(CN)NC(=O)C1CC2CCCC(C1)C2N. The van der Waals surface area contributed by atoms with Gasteiger partial charge in [-0.3, -0.25) is 4.79 Å². The zero-order chi connectivity index (χ0) is 13.3. The molecule has 2 rings (SSSR count). The van der Waals surface area contributed by atoms with E-state index in [1.807, 2.05) is 13.8 Å². The van der Waals surface area contributed by atoms with Crippen molar-refractivity contribution in [3.63, 3.8) is 0 Å². The van der Waals surface area contributed by atoms with E-state index in [-0.39, 0.29) is 17.4 Å². The second-order valence-corrected chi connectivity index (χ2v) is 6.77. The molecule has 2 saturated carbocycles. The second kappa shape index (κ2) is 5.17. The Labute approximate surface area is 110 Å². The quantitative estimate of drug-likeness (QED) is 0.701. The van der Waals surface area contributed by atoms with E-state index in [2.05, 4.69) is 5.32 Å². The van der Waals surface area contributed by atoms with Crippen LogP contribution in [0.3, 0.4) is 0 Å².